The van der Waals surface area contributed by atoms with Gasteiger partial charge in [0, 0.05) is 19.0 Å². The van der Waals surface area contributed by atoms with E-state index in [4.69, 9.17) is 11.6 Å². The molecule has 3 rings (SSSR count). The fraction of sp³-hybridized carbons (Fsp3) is 0.438. The Bertz CT molecular complexity index is 939. The standard InChI is InChI=1S/C16H19ClN4O3S2/c1-9(2)21(3)26(23,24)11-6-7-13(17)12(8-11)14(22)18-16-20-19-15(25-16)10-4-5-10/h6-10H,4-5H2,1-3H3,(H,18,20,22). The van der Waals surface area contributed by atoms with Crippen molar-refractivity contribution in [1.29, 1.82) is 0 Å². The molecule has 140 valence electrons. The maximum absolute atomic E-state index is 12.6. The molecule has 7 nitrogen and oxygen atoms in total. The summed E-state index contributed by atoms with van der Waals surface area (Å²) in [5.74, 6) is -0.0699. The lowest BCUT2D eigenvalue weighted by Gasteiger charge is -2.21. The maximum Gasteiger partial charge on any atom is 0.259 e. The summed E-state index contributed by atoms with van der Waals surface area (Å²) in [5.41, 5.74) is 0.0769. The van der Waals surface area contributed by atoms with E-state index in [9.17, 15) is 13.2 Å². The Morgan fingerprint density at radius 1 is 1.35 bits per heavy atom. The van der Waals surface area contributed by atoms with Crippen LogP contribution in [0, 0.1) is 0 Å². The summed E-state index contributed by atoms with van der Waals surface area (Å²) >= 11 is 7.44. The van der Waals surface area contributed by atoms with E-state index in [1.807, 2.05) is 0 Å². The van der Waals surface area contributed by atoms with Crippen LogP contribution in [0.3, 0.4) is 0 Å². The molecule has 10 heteroatoms. The van der Waals surface area contributed by atoms with Crippen molar-refractivity contribution in [3.63, 3.8) is 0 Å². The van der Waals surface area contributed by atoms with Crippen molar-refractivity contribution in [3.05, 3.63) is 33.8 Å². The highest BCUT2D eigenvalue weighted by molar-refractivity contribution is 7.89. The third kappa shape index (κ3) is 3.90. The molecule has 0 spiro atoms. The number of hydrogen-bond acceptors (Lipinski definition) is 6. The molecule has 1 aliphatic rings. The molecule has 0 bridgehead atoms. The van der Waals surface area contributed by atoms with Crippen LogP contribution in [0.4, 0.5) is 5.13 Å². The van der Waals surface area contributed by atoms with Gasteiger partial charge < -0.3 is 0 Å². The smallest absolute Gasteiger partial charge is 0.259 e. The number of hydrogen-bond donors (Lipinski definition) is 1. The van der Waals surface area contributed by atoms with Gasteiger partial charge in [-0.1, -0.05) is 22.9 Å². The van der Waals surface area contributed by atoms with Crippen LogP contribution in [-0.2, 0) is 10.0 Å². The highest BCUT2D eigenvalue weighted by Gasteiger charge is 2.28. The fourth-order valence-electron chi connectivity index (χ4n) is 2.23. The topological polar surface area (TPSA) is 92.3 Å². The molecule has 1 heterocycles. The van der Waals surface area contributed by atoms with E-state index in [1.54, 1.807) is 13.8 Å². The van der Waals surface area contributed by atoms with E-state index in [-0.39, 0.29) is 21.5 Å². The van der Waals surface area contributed by atoms with Crippen molar-refractivity contribution in [2.24, 2.45) is 0 Å². The number of carbonyl (C=O) groups excluding carboxylic acids is 1. The first-order valence-corrected chi connectivity index (χ1v) is 10.8. The van der Waals surface area contributed by atoms with Crippen LogP contribution in [0.5, 0.6) is 0 Å². The lowest BCUT2D eigenvalue weighted by Crippen LogP contribution is -2.33. The normalized spacial score (nSPS) is 14.8. The minimum atomic E-state index is -3.71. The molecule has 1 saturated carbocycles. The zero-order valence-corrected chi connectivity index (χ0v) is 17.0. The first-order valence-electron chi connectivity index (χ1n) is 8.12. The average molecular weight is 415 g/mol. The third-order valence-electron chi connectivity index (χ3n) is 4.17. The first kappa shape index (κ1) is 19.2. The van der Waals surface area contributed by atoms with Crippen LogP contribution < -0.4 is 5.32 Å². The second kappa shape index (κ2) is 7.22. The van der Waals surface area contributed by atoms with Crippen LogP contribution in [0.15, 0.2) is 23.1 Å². The molecule has 0 aliphatic heterocycles. The average Bonchev–Trinajstić information content (AvgIpc) is 3.34. The molecule has 1 N–H and O–H groups in total. The molecule has 1 aromatic heterocycles. The summed E-state index contributed by atoms with van der Waals surface area (Å²) in [6.45, 7) is 3.54. The minimum Gasteiger partial charge on any atom is -0.296 e. The summed E-state index contributed by atoms with van der Waals surface area (Å²) in [6, 6.07) is 3.88. The van der Waals surface area contributed by atoms with E-state index in [1.165, 1.54) is 40.9 Å². The van der Waals surface area contributed by atoms with E-state index in [0.29, 0.717) is 11.0 Å². The number of halogens is 1. The van der Waals surface area contributed by atoms with Gasteiger partial charge in [-0.25, -0.2) is 8.42 Å². The van der Waals surface area contributed by atoms with E-state index in [0.717, 1.165) is 17.8 Å². The quantitative estimate of drug-likeness (QED) is 0.782. The van der Waals surface area contributed by atoms with Gasteiger partial charge in [0.05, 0.1) is 15.5 Å². The first-order chi connectivity index (χ1) is 12.2. The fourth-order valence-corrected chi connectivity index (χ4v) is 4.73. The van der Waals surface area contributed by atoms with Crippen LogP contribution in [0.2, 0.25) is 5.02 Å². The van der Waals surface area contributed by atoms with Crippen LogP contribution in [0.1, 0.15) is 48.0 Å². The number of anilines is 1. The van der Waals surface area contributed by atoms with Gasteiger partial charge in [0.15, 0.2) is 0 Å². The summed E-state index contributed by atoms with van der Waals surface area (Å²) in [7, 11) is -2.22. The molecular formula is C16H19ClN4O3S2. The molecule has 26 heavy (non-hydrogen) atoms. The maximum atomic E-state index is 12.6. The van der Waals surface area contributed by atoms with Gasteiger partial charge in [0.2, 0.25) is 15.2 Å². The molecule has 1 amide bonds. The molecule has 1 aromatic carbocycles. The van der Waals surface area contributed by atoms with Crippen molar-refractivity contribution in [1.82, 2.24) is 14.5 Å². The number of rotatable bonds is 6. The number of sulfonamides is 1. The van der Waals surface area contributed by atoms with Crippen molar-refractivity contribution in [2.75, 3.05) is 12.4 Å². The summed E-state index contributed by atoms with van der Waals surface area (Å²) < 4.78 is 26.5. The monoisotopic (exact) mass is 414 g/mol. The molecule has 0 saturated heterocycles. The predicted octanol–water partition coefficient (Wildman–Crippen LogP) is 3.35. The molecule has 0 unspecified atom stereocenters. The Hall–Kier alpha value is -1.55. The van der Waals surface area contributed by atoms with Crippen molar-refractivity contribution >= 4 is 44.0 Å². The molecule has 2 aromatic rings. The number of benzene rings is 1. The van der Waals surface area contributed by atoms with Gasteiger partial charge in [-0.3, -0.25) is 10.1 Å². The van der Waals surface area contributed by atoms with Crippen LogP contribution in [0.25, 0.3) is 0 Å². The Labute approximate surface area is 161 Å². The van der Waals surface area contributed by atoms with Crippen molar-refractivity contribution < 1.29 is 13.2 Å². The summed E-state index contributed by atoms with van der Waals surface area (Å²) in [5, 5.41) is 12.1. The Morgan fingerprint density at radius 3 is 2.65 bits per heavy atom. The third-order valence-corrected chi connectivity index (χ3v) is 7.53. The van der Waals surface area contributed by atoms with Gasteiger partial charge in [0.25, 0.3) is 5.91 Å². The van der Waals surface area contributed by atoms with Crippen LogP contribution >= 0.6 is 22.9 Å². The van der Waals surface area contributed by atoms with Gasteiger partial charge in [-0.05, 0) is 44.9 Å². The molecule has 0 atom stereocenters. The van der Waals surface area contributed by atoms with Gasteiger partial charge in [-0.2, -0.15) is 4.31 Å². The second-order valence-corrected chi connectivity index (χ2v) is 9.84. The number of carbonyl (C=O) groups is 1. The number of amides is 1. The number of nitrogens with one attached hydrogen (secondary N) is 1. The number of nitrogens with zero attached hydrogens (tertiary/aromatic N) is 3. The zero-order chi connectivity index (χ0) is 19.1. The zero-order valence-electron chi connectivity index (χ0n) is 14.6. The highest BCUT2D eigenvalue weighted by atomic mass is 35.5. The molecule has 0 radical (unpaired) electrons. The number of aromatic nitrogens is 2. The molecule has 1 fully saturated rings. The van der Waals surface area contributed by atoms with Gasteiger partial charge >= 0.3 is 0 Å². The lowest BCUT2D eigenvalue weighted by molar-refractivity contribution is 0.102. The second-order valence-electron chi connectivity index (χ2n) is 6.43. The van der Waals surface area contributed by atoms with Gasteiger partial charge in [0.1, 0.15) is 5.01 Å². The Balaban J connectivity index is 1.85. The molecular weight excluding hydrogens is 396 g/mol. The van der Waals surface area contributed by atoms with Gasteiger partial charge in [-0.15, -0.1) is 10.2 Å². The summed E-state index contributed by atoms with van der Waals surface area (Å²) in [4.78, 5) is 12.6. The highest BCUT2D eigenvalue weighted by Crippen LogP contribution is 2.42. The SMILES string of the molecule is CC(C)N(C)S(=O)(=O)c1ccc(Cl)c(C(=O)Nc2nnc(C3CC3)s2)c1. The summed E-state index contributed by atoms with van der Waals surface area (Å²) in [6.07, 6.45) is 2.19. The predicted molar refractivity (Wildman–Crippen MR) is 101 cm³/mol. The Morgan fingerprint density at radius 2 is 2.04 bits per heavy atom. The van der Waals surface area contributed by atoms with E-state index < -0.39 is 15.9 Å². The van der Waals surface area contributed by atoms with E-state index >= 15 is 0 Å². The lowest BCUT2D eigenvalue weighted by atomic mass is 10.2. The van der Waals surface area contributed by atoms with Crippen LogP contribution in [-0.4, -0.2) is 41.9 Å². The molecule has 1 aliphatic carbocycles. The van der Waals surface area contributed by atoms with Crippen molar-refractivity contribution in [3.8, 4) is 0 Å². The van der Waals surface area contributed by atoms with E-state index in [2.05, 4.69) is 15.5 Å². The minimum absolute atomic E-state index is 0.0131. The van der Waals surface area contributed by atoms with Crippen molar-refractivity contribution in [2.45, 2.75) is 43.5 Å². The largest absolute Gasteiger partial charge is 0.296 e. The Kier molecular flexibility index (Phi) is 5.34.